The number of hydrogen-bond donors (Lipinski definition) is 1. The van der Waals surface area contributed by atoms with Crippen LogP contribution in [-0.2, 0) is 4.79 Å². The van der Waals surface area contributed by atoms with Crippen molar-refractivity contribution in [3.05, 3.63) is 63.4 Å². The molecule has 172 valence electrons. The highest BCUT2D eigenvalue weighted by Crippen LogP contribution is 2.32. The number of nitrogens with zero attached hydrogens (tertiary/aromatic N) is 4. The van der Waals surface area contributed by atoms with E-state index in [9.17, 15) is 9.18 Å². The summed E-state index contributed by atoms with van der Waals surface area (Å²) in [5, 5.41) is 12.6. The number of halogens is 3. The van der Waals surface area contributed by atoms with Crippen LogP contribution in [0.25, 0.3) is 16.6 Å². The first-order chi connectivity index (χ1) is 15.9. The van der Waals surface area contributed by atoms with E-state index in [-0.39, 0.29) is 23.5 Å². The van der Waals surface area contributed by atoms with Crippen molar-refractivity contribution in [2.45, 2.75) is 38.3 Å². The molecule has 0 aliphatic carbocycles. The molecule has 0 saturated carbocycles. The molecule has 33 heavy (non-hydrogen) atoms. The fourth-order valence-electron chi connectivity index (χ4n) is 4.69. The van der Waals surface area contributed by atoms with Crippen LogP contribution in [0.4, 0.5) is 4.39 Å². The second-order valence-corrected chi connectivity index (χ2v) is 9.46. The average molecular weight is 488 g/mol. The van der Waals surface area contributed by atoms with Crippen molar-refractivity contribution in [1.82, 2.24) is 25.2 Å². The fraction of sp³-hybridized carbons (Fsp3) is 0.375. The molecule has 2 aliphatic rings. The third-order valence-corrected chi connectivity index (χ3v) is 7.12. The molecule has 1 saturated heterocycles. The third kappa shape index (κ3) is 4.25. The van der Waals surface area contributed by atoms with Gasteiger partial charge in [-0.05, 0) is 73.7 Å². The number of hydrogen-bond acceptors (Lipinski definition) is 4. The monoisotopic (exact) mass is 487 g/mol. The molecule has 3 heterocycles. The van der Waals surface area contributed by atoms with Gasteiger partial charge in [0.05, 0.1) is 17.6 Å². The number of amides is 1. The van der Waals surface area contributed by atoms with E-state index < -0.39 is 5.82 Å². The zero-order chi connectivity index (χ0) is 23.1. The summed E-state index contributed by atoms with van der Waals surface area (Å²) < 4.78 is 16.6. The number of carbonyl (C=O) groups is 1. The van der Waals surface area contributed by atoms with E-state index in [4.69, 9.17) is 23.2 Å². The molecule has 2 atom stereocenters. The first-order valence-electron chi connectivity index (χ1n) is 11.1. The molecule has 2 aromatic carbocycles. The maximum Gasteiger partial charge on any atom is 0.239 e. The molecule has 1 fully saturated rings. The van der Waals surface area contributed by atoms with E-state index in [1.165, 1.54) is 6.07 Å². The number of benzene rings is 2. The van der Waals surface area contributed by atoms with Crippen molar-refractivity contribution < 1.29 is 9.18 Å². The van der Waals surface area contributed by atoms with Crippen LogP contribution in [0.5, 0.6) is 0 Å². The largest absolute Gasteiger partial charge is 0.337 e. The van der Waals surface area contributed by atoms with Crippen molar-refractivity contribution in [3.63, 3.8) is 0 Å². The van der Waals surface area contributed by atoms with Gasteiger partial charge >= 0.3 is 0 Å². The zero-order valence-corrected chi connectivity index (χ0v) is 19.7. The molecule has 1 aromatic heterocycles. The van der Waals surface area contributed by atoms with E-state index >= 15 is 0 Å². The SMILES string of the molecule is CC(c1ccc(Cl)cc1Cl)n1nnc2c(F)cc(C3=CCN(C(=O)[C@H]4CCCN4)CC3)cc21. The number of nitrogens with one attached hydrogen (secondary N) is 1. The van der Waals surface area contributed by atoms with Gasteiger partial charge in [-0.3, -0.25) is 4.79 Å². The molecule has 6 nitrogen and oxygen atoms in total. The van der Waals surface area contributed by atoms with Crippen molar-refractivity contribution >= 4 is 45.7 Å². The molecule has 0 bridgehead atoms. The Kier molecular flexibility index (Phi) is 6.12. The first kappa shape index (κ1) is 22.3. The normalized spacial score (nSPS) is 19.7. The molecular weight excluding hydrogens is 464 g/mol. The van der Waals surface area contributed by atoms with Crippen LogP contribution in [0.1, 0.15) is 43.4 Å². The van der Waals surface area contributed by atoms with Gasteiger partial charge in [-0.15, -0.1) is 5.10 Å². The van der Waals surface area contributed by atoms with E-state index in [1.807, 2.05) is 30.0 Å². The number of rotatable bonds is 4. The molecule has 0 spiro atoms. The van der Waals surface area contributed by atoms with Crippen LogP contribution in [0.2, 0.25) is 10.0 Å². The summed E-state index contributed by atoms with van der Waals surface area (Å²) in [5.74, 6) is -0.266. The van der Waals surface area contributed by atoms with Gasteiger partial charge in [-0.1, -0.05) is 40.6 Å². The summed E-state index contributed by atoms with van der Waals surface area (Å²) in [6.45, 7) is 3.98. The standard InChI is InChI=1S/C24H24Cl2FN5O/c1-14(18-5-4-17(25)13-19(18)26)32-22-12-16(11-20(27)23(22)29-30-32)15-6-9-31(10-7-15)24(33)21-3-2-8-28-21/h4-6,11-14,21,28H,2-3,7-10H2,1H3/t14?,21-/m1/s1. The fourth-order valence-corrected chi connectivity index (χ4v) is 5.26. The van der Waals surface area contributed by atoms with E-state index in [0.29, 0.717) is 35.1 Å². The van der Waals surface area contributed by atoms with Crippen molar-refractivity contribution in [1.29, 1.82) is 0 Å². The topological polar surface area (TPSA) is 63.1 Å². The van der Waals surface area contributed by atoms with Crippen molar-refractivity contribution in [2.24, 2.45) is 0 Å². The quantitative estimate of drug-likeness (QED) is 0.570. The van der Waals surface area contributed by atoms with Crippen LogP contribution < -0.4 is 5.32 Å². The lowest BCUT2D eigenvalue weighted by molar-refractivity contribution is -0.132. The Balaban J connectivity index is 1.44. The van der Waals surface area contributed by atoms with E-state index in [2.05, 4.69) is 15.6 Å². The summed E-state index contributed by atoms with van der Waals surface area (Å²) in [6.07, 6.45) is 4.61. The van der Waals surface area contributed by atoms with Gasteiger partial charge in [0.1, 0.15) is 5.52 Å². The minimum atomic E-state index is -0.419. The lowest BCUT2D eigenvalue weighted by Gasteiger charge is -2.29. The summed E-state index contributed by atoms with van der Waals surface area (Å²) in [6, 6.07) is 8.38. The Hall–Kier alpha value is -2.48. The molecule has 1 unspecified atom stereocenters. The maximum absolute atomic E-state index is 15.0. The van der Waals surface area contributed by atoms with Gasteiger partial charge < -0.3 is 10.2 Å². The second kappa shape index (κ2) is 9.05. The summed E-state index contributed by atoms with van der Waals surface area (Å²) in [5.41, 5.74) is 3.44. The lowest BCUT2D eigenvalue weighted by atomic mass is 9.98. The van der Waals surface area contributed by atoms with E-state index in [1.54, 1.807) is 16.8 Å². The average Bonchev–Trinajstić information content (AvgIpc) is 3.49. The highest BCUT2D eigenvalue weighted by molar-refractivity contribution is 6.35. The second-order valence-electron chi connectivity index (χ2n) is 8.61. The Morgan fingerprint density at radius 2 is 2.12 bits per heavy atom. The van der Waals surface area contributed by atoms with Crippen LogP contribution in [0.3, 0.4) is 0 Å². The summed E-state index contributed by atoms with van der Waals surface area (Å²) in [4.78, 5) is 14.5. The molecule has 0 radical (unpaired) electrons. The Morgan fingerprint density at radius 3 is 2.82 bits per heavy atom. The van der Waals surface area contributed by atoms with Crippen molar-refractivity contribution in [2.75, 3.05) is 19.6 Å². The predicted molar refractivity (Wildman–Crippen MR) is 128 cm³/mol. The molecular formula is C24H24Cl2FN5O. The van der Waals surface area contributed by atoms with Gasteiger partial charge in [0.15, 0.2) is 5.82 Å². The number of fused-ring (bicyclic) bond motifs is 1. The van der Waals surface area contributed by atoms with Gasteiger partial charge in [0.2, 0.25) is 5.91 Å². The molecule has 3 aromatic rings. The molecule has 2 aliphatic heterocycles. The van der Waals surface area contributed by atoms with Gasteiger partial charge in [0.25, 0.3) is 0 Å². The molecule has 5 rings (SSSR count). The lowest BCUT2D eigenvalue weighted by Crippen LogP contribution is -2.45. The zero-order valence-electron chi connectivity index (χ0n) is 18.2. The predicted octanol–water partition coefficient (Wildman–Crippen LogP) is 4.85. The van der Waals surface area contributed by atoms with Gasteiger partial charge in [0, 0.05) is 23.1 Å². The molecule has 9 heteroatoms. The van der Waals surface area contributed by atoms with Crippen LogP contribution in [-0.4, -0.2) is 51.5 Å². The van der Waals surface area contributed by atoms with Crippen LogP contribution in [0.15, 0.2) is 36.4 Å². The minimum Gasteiger partial charge on any atom is -0.337 e. The highest BCUT2D eigenvalue weighted by atomic mass is 35.5. The number of carbonyl (C=O) groups excluding carboxylic acids is 1. The smallest absolute Gasteiger partial charge is 0.239 e. The van der Waals surface area contributed by atoms with Gasteiger partial charge in [-0.2, -0.15) is 0 Å². The Labute approximate surface area is 201 Å². The molecule has 1 amide bonds. The van der Waals surface area contributed by atoms with Gasteiger partial charge in [-0.25, -0.2) is 9.07 Å². The maximum atomic E-state index is 15.0. The molecule has 1 N–H and O–H groups in total. The first-order valence-corrected chi connectivity index (χ1v) is 11.9. The Morgan fingerprint density at radius 1 is 1.27 bits per heavy atom. The van der Waals surface area contributed by atoms with E-state index in [0.717, 1.165) is 36.1 Å². The summed E-state index contributed by atoms with van der Waals surface area (Å²) in [7, 11) is 0. The van der Waals surface area contributed by atoms with Crippen LogP contribution >= 0.6 is 23.2 Å². The minimum absolute atomic E-state index is 0.0738. The Bertz CT molecular complexity index is 1250. The number of aromatic nitrogens is 3. The summed E-state index contributed by atoms with van der Waals surface area (Å²) >= 11 is 12.4. The third-order valence-electron chi connectivity index (χ3n) is 6.56. The van der Waals surface area contributed by atoms with Crippen molar-refractivity contribution in [3.8, 4) is 0 Å². The highest BCUT2D eigenvalue weighted by Gasteiger charge is 2.28. The van der Waals surface area contributed by atoms with Crippen LogP contribution in [0, 0.1) is 5.82 Å².